The predicted octanol–water partition coefficient (Wildman–Crippen LogP) is 1.94. The number of fused-ring (bicyclic) bond motifs is 2. The van der Waals surface area contributed by atoms with Crippen molar-refractivity contribution in [3.8, 4) is 0 Å². The van der Waals surface area contributed by atoms with Gasteiger partial charge in [-0.25, -0.2) is 4.98 Å². The predicted molar refractivity (Wildman–Crippen MR) is 105 cm³/mol. The van der Waals surface area contributed by atoms with E-state index in [0.29, 0.717) is 31.1 Å². The van der Waals surface area contributed by atoms with Crippen LogP contribution in [0, 0.1) is 0 Å². The minimum atomic E-state index is -0.912. The van der Waals surface area contributed by atoms with E-state index in [9.17, 15) is 5.11 Å². The van der Waals surface area contributed by atoms with Gasteiger partial charge in [0, 0.05) is 24.5 Å². The number of rotatable bonds is 7. The van der Waals surface area contributed by atoms with Crippen molar-refractivity contribution in [2.75, 3.05) is 6.54 Å². The van der Waals surface area contributed by atoms with Crippen LogP contribution in [0.15, 0.2) is 65.5 Å². The summed E-state index contributed by atoms with van der Waals surface area (Å²) in [7, 11) is 0. The van der Waals surface area contributed by atoms with Gasteiger partial charge in [0.05, 0.1) is 11.7 Å². The molecule has 5 rings (SSSR count). The maximum absolute atomic E-state index is 10.7. The van der Waals surface area contributed by atoms with Crippen molar-refractivity contribution in [1.82, 2.24) is 34.7 Å². The molecule has 1 aromatic carbocycles. The van der Waals surface area contributed by atoms with Crippen molar-refractivity contribution in [3.63, 3.8) is 0 Å². The summed E-state index contributed by atoms with van der Waals surface area (Å²) in [6, 6.07) is 13.5. The first-order valence-electron chi connectivity index (χ1n) is 9.33. The Morgan fingerprint density at radius 2 is 2.00 bits per heavy atom. The van der Waals surface area contributed by atoms with Crippen molar-refractivity contribution < 1.29 is 9.52 Å². The average Bonchev–Trinajstić information content (AvgIpc) is 3.48. The number of nitrogens with one attached hydrogen (secondary N) is 1. The topological polar surface area (TPSA) is 106 Å². The Morgan fingerprint density at radius 3 is 2.90 bits per heavy atom. The lowest BCUT2D eigenvalue weighted by atomic mass is 10.2. The van der Waals surface area contributed by atoms with Crippen LogP contribution in [0.4, 0.5) is 0 Å². The SMILES string of the molecule is OC(NCCc1nnc2ccccn12)c1nn(Cc2ncco2)c2ccccc12. The second-order valence-electron chi connectivity index (χ2n) is 6.64. The van der Waals surface area contributed by atoms with Gasteiger partial charge in [0.25, 0.3) is 0 Å². The Hall–Kier alpha value is -3.56. The maximum atomic E-state index is 10.7. The maximum Gasteiger partial charge on any atom is 0.215 e. The number of benzene rings is 1. The van der Waals surface area contributed by atoms with Gasteiger partial charge in [-0.1, -0.05) is 24.3 Å². The van der Waals surface area contributed by atoms with E-state index in [4.69, 9.17) is 4.42 Å². The molecule has 4 aromatic heterocycles. The van der Waals surface area contributed by atoms with Crippen LogP contribution < -0.4 is 5.32 Å². The molecule has 0 fully saturated rings. The van der Waals surface area contributed by atoms with Gasteiger partial charge in [-0.3, -0.25) is 14.4 Å². The zero-order valence-electron chi connectivity index (χ0n) is 15.5. The van der Waals surface area contributed by atoms with Gasteiger partial charge >= 0.3 is 0 Å². The fourth-order valence-electron chi connectivity index (χ4n) is 3.41. The number of oxazole rings is 1. The molecule has 29 heavy (non-hydrogen) atoms. The van der Waals surface area contributed by atoms with E-state index >= 15 is 0 Å². The largest absolute Gasteiger partial charge is 0.447 e. The second-order valence-corrected chi connectivity index (χ2v) is 6.64. The highest BCUT2D eigenvalue weighted by Gasteiger charge is 2.18. The van der Waals surface area contributed by atoms with Crippen LogP contribution in [0.3, 0.4) is 0 Å². The smallest absolute Gasteiger partial charge is 0.215 e. The molecule has 0 amide bonds. The standard InChI is InChI=1S/C20H19N7O2/c28-20(22-9-8-17-24-23-16-7-3-4-11-26(16)17)19-14-5-1-2-6-15(14)27(25-19)13-18-21-10-12-29-18/h1-7,10-12,20,22,28H,8-9,13H2. The third-order valence-electron chi connectivity index (χ3n) is 4.78. The van der Waals surface area contributed by atoms with Crippen molar-refractivity contribution >= 4 is 16.6 Å². The number of hydrogen-bond acceptors (Lipinski definition) is 7. The molecule has 146 valence electrons. The van der Waals surface area contributed by atoms with Crippen LogP contribution >= 0.6 is 0 Å². The number of aliphatic hydroxyl groups excluding tert-OH is 1. The lowest BCUT2D eigenvalue weighted by Gasteiger charge is -2.10. The van der Waals surface area contributed by atoms with Gasteiger partial charge in [-0.2, -0.15) is 5.10 Å². The molecule has 0 bridgehead atoms. The van der Waals surface area contributed by atoms with Gasteiger partial charge in [0.1, 0.15) is 24.3 Å². The molecule has 9 heteroatoms. The molecule has 5 aromatic rings. The lowest BCUT2D eigenvalue weighted by Crippen LogP contribution is -2.24. The van der Waals surface area contributed by atoms with Crippen molar-refractivity contribution in [2.45, 2.75) is 19.2 Å². The first-order valence-corrected chi connectivity index (χ1v) is 9.33. The number of pyridine rings is 1. The summed E-state index contributed by atoms with van der Waals surface area (Å²) >= 11 is 0. The fraction of sp³-hybridized carbons (Fsp3) is 0.200. The van der Waals surface area contributed by atoms with Crippen LogP contribution in [0.2, 0.25) is 0 Å². The summed E-state index contributed by atoms with van der Waals surface area (Å²) in [5.74, 6) is 1.39. The van der Waals surface area contributed by atoms with E-state index in [1.807, 2.05) is 53.1 Å². The minimum Gasteiger partial charge on any atom is -0.447 e. The summed E-state index contributed by atoms with van der Waals surface area (Å²) in [4.78, 5) is 4.15. The second kappa shape index (κ2) is 7.46. The van der Waals surface area contributed by atoms with Gasteiger partial charge in [0.2, 0.25) is 5.89 Å². The minimum absolute atomic E-state index is 0.395. The highest BCUT2D eigenvalue weighted by atomic mass is 16.3. The molecule has 0 aliphatic carbocycles. The Bertz CT molecular complexity index is 1240. The summed E-state index contributed by atoms with van der Waals surface area (Å²) in [5, 5.41) is 27.7. The summed E-state index contributed by atoms with van der Waals surface area (Å²) in [5.41, 5.74) is 2.28. The summed E-state index contributed by atoms with van der Waals surface area (Å²) < 4.78 is 9.06. The molecule has 0 aliphatic heterocycles. The van der Waals surface area contributed by atoms with Crippen molar-refractivity contribution in [2.24, 2.45) is 0 Å². The van der Waals surface area contributed by atoms with E-state index in [-0.39, 0.29) is 0 Å². The van der Waals surface area contributed by atoms with Crippen LogP contribution in [0.25, 0.3) is 16.6 Å². The van der Waals surface area contributed by atoms with Gasteiger partial charge in [0.15, 0.2) is 11.9 Å². The first-order chi connectivity index (χ1) is 14.3. The number of para-hydroxylation sites is 1. The zero-order valence-corrected chi connectivity index (χ0v) is 15.5. The highest BCUT2D eigenvalue weighted by Crippen LogP contribution is 2.23. The molecule has 0 spiro atoms. The van der Waals surface area contributed by atoms with Crippen LogP contribution in [-0.4, -0.2) is 41.0 Å². The van der Waals surface area contributed by atoms with E-state index in [1.165, 1.54) is 6.26 Å². The number of aliphatic hydroxyl groups is 1. The fourth-order valence-corrected chi connectivity index (χ4v) is 3.41. The van der Waals surface area contributed by atoms with E-state index < -0.39 is 6.23 Å². The normalized spacial score (nSPS) is 12.7. The molecule has 0 aliphatic rings. The van der Waals surface area contributed by atoms with Gasteiger partial charge in [-0.05, 0) is 18.2 Å². The number of hydrogen-bond donors (Lipinski definition) is 2. The van der Waals surface area contributed by atoms with Crippen molar-refractivity contribution in [1.29, 1.82) is 0 Å². The molecule has 4 heterocycles. The third kappa shape index (κ3) is 3.37. The molecular formula is C20H19N7O2. The number of nitrogens with zero attached hydrogens (tertiary/aromatic N) is 6. The quantitative estimate of drug-likeness (QED) is 0.410. The Kier molecular flexibility index (Phi) is 4.51. The Labute approximate surface area is 165 Å². The third-order valence-corrected chi connectivity index (χ3v) is 4.78. The van der Waals surface area contributed by atoms with Crippen LogP contribution in [-0.2, 0) is 13.0 Å². The summed E-state index contributed by atoms with van der Waals surface area (Å²) in [6.45, 7) is 0.920. The Balaban J connectivity index is 1.33. The molecule has 9 nitrogen and oxygen atoms in total. The first kappa shape index (κ1) is 17.5. The van der Waals surface area contributed by atoms with Gasteiger partial charge < -0.3 is 9.52 Å². The van der Waals surface area contributed by atoms with Crippen LogP contribution in [0.5, 0.6) is 0 Å². The molecule has 0 radical (unpaired) electrons. The molecule has 0 saturated carbocycles. The molecular weight excluding hydrogens is 370 g/mol. The van der Waals surface area contributed by atoms with Crippen LogP contribution in [0.1, 0.15) is 23.6 Å². The zero-order chi connectivity index (χ0) is 19.6. The van der Waals surface area contributed by atoms with Crippen molar-refractivity contribution in [3.05, 3.63) is 78.5 Å². The molecule has 2 N–H and O–H groups in total. The average molecular weight is 389 g/mol. The molecule has 1 unspecified atom stereocenters. The van der Waals surface area contributed by atoms with Gasteiger partial charge in [-0.15, -0.1) is 10.2 Å². The molecule has 0 saturated heterocycles. The number of aromatic nitrogens is 6. The molecule has 1 atom stereocenters. The monoisotopic (exact) mass is 389 g/mol. The van der Waals surface area contributed by atoms with E-state index in [0.717, 1.165) is 22.4 Å². The summed E-state index contributed by atoms with van der Waals surface area (Å²) in [6.07, 6.45) is 4.78. The van der Waals surface area contributed by atoms with E-state index in [2.05, 4.69) is 25.6 Å². The Morgan fingerprint density at radius 1 is 1.10 bits per heavy atom. The highest BCUT2D eigenvalue weighted by molar-refractivity contribution is 5.82. The van der Waals surface area contributed by atoms with E-state index in [1.54, 1.807) is 10.9 Å². The lowest BCUT2D eigenvalue weighted by molar-refractivity contribution is 0.135.